The maximum Gasteiger partial charge on any atom is 0.248 e. The van der Waals surface area contributed by atoms with E-state index in [1.807, 2.05) is 34.9 Å². The molecule has 3 heterocycles. The SMILES string of the molecule is NC(=O)c1ccc2nc(CNc3ncnc4nc[nH]c34)n(-c3ccccc3)c2c1. The van der Waals surface area contributed by atoms with Gasteiger partial charge in [-0.15, -0.1) is 0 Å². The number of fused-ring (bicyclic) bond motifs is 2. The van der Waals surface area contributed by atoms with Gasteiger partial charge in [0.15, 0.2) is 11.5 Å². The van der Waals surface area contributed by atoms with Gasteiger partial charge in [0.2, 0.25) is 5.91 Å². The van der Waals surface area contributed by atoms with Crippen molar-refractivity contribution >= 4 is 33.9 Å². The minimum atomic E-state index is -0.477. The standard InChI is InChI=1S/C20H16N8O/c21-18(29)12-6-7-14-15(8-12)28(13-4-2-1-3-5-13)16(27-14)9-22-19-17-20(24-10-23-17)26-11-25-19/h1-8,10-11H,9H2,(H2,21,29)(H2,22,23,24,25,26). The molecule has 0 radical (unpaired) electrons. The number of amides is 1. The lowest BCUT2D eigenvalue weighted by Crippen LogP contribution is -2.11. The molecule has 4 N–H and O–H groups in total. The zero-order valence-corrected chi connectivity index (χ0v) is 15.2. The Morgan fingerprint density at radius 1 is 1.10 bits per heavy atom. The third-order valence-electron chi connectivity index (χ3n) is 4.66. The van der Waals surface area contributed by atoms with Gasteiger partial charge < -0.3 is 16.0 Å². The lowest BCUT2D eigenvalue weighted by molar-refractivity contribution is 0.100. The molecule has 0 bridgehead atoms. The van der Waals surface area contributed by atoms with E-state index in [1.54, 1.807) is 24.5 Å². The number of benzene rings is 2. The molecule has 29 heavy (non-hydrogen) atoms. The molecule has 0 atom stereocenters. The first-order valence-corrected chi connectivity index (χ1v) is 8.95. The van der Waals surface area contributed by atoms with Crippen LogP contribution in [0.5, 0.6) is 0 Å². The van der Waals surface area contributed by atoms with E-state index in [0.717, 1.165) is 28.1 Å². The number of nitrogens with two attached hydrogens (primary N) is 1. The first-order chi connectivity index (χ1) is 14.2. The number of anilines is 1. The molecule has 0 spiro atoms. The molecular weight excluding hydrogens is 368 g/mol. The van der Waals surface area contributed by atoms with Gasteiger partial charge in [-0.2, -0.15) is 0 Å². The fourth-order valence-electron chi connectivity index (χ4n) is 3.32. The Balaban J connectivity index is 1.61. The monoisotopic (exact) mass is 384 g/mol. The average molecular weight is 384 g/mol. The van der Waals surface area contributed by atoms with E-state index in [-0.39, 0.29) is 0 Å². The van der Waals surface area contributed by atoms with Crippen molar-refractivity contribution in [2.75, 3.05) is 5.32 Å². The normalized spacial score (nSPS) is 11.2. The van der Waals surface area contributed by atoms with Crippen LogP contribution in [-0.2, 0) is 6.54 Å². The molecule has 1 amide bonds. The molecule has 0 aliphatic heterocycles. The van der Waals surface area contributed by atoms with Crippen LogP contribution in [0, 0.1) is 0 Å². The van der Waals surface area contributed by atoms with Gasteiger partial charge in [-0.05, 0) is 30.3 Å². The Hall–Kier alpha value is -4.27. The molecule has 5 aromatic rings. The molecular formula is C20H16N8O. The predicted molar refractivity (Wildman–Crippen MR) is 109 cm³/mol. The second kappa shape index (κ2) is 6.71. The summed E-state index contributed by atoms with van der Waals surface area (Å²) in [6, 6.07) is 15.1. The van der Waals surface area contributed by atoms with E-state index in [1.165, 1.54) is 6.33 Å². The van der Waals surface area contributed by atoms with Gasteiger partial charge >= 0.3 is 0 Å². The largest absolute Gasteiger partial charge is 0.366 e. The van der Waals surface area contributed by atoms with Crippen LogP contribution in [0.2, 0.25) is 0 Å². The molecule has 0 saturated carbocycles. The van der Waals surface area contributed by atoms with Crippen LogP contribution in [0.15, 0.2) is 61.2 Å². The Kier molecular flexibility index (Phi) is 3.91. The molecule has 142 valence electrons. The summed E-state index contributed by atoms with van der Waals surface area (Å²) in [5, 5.41) is 3.30. The number of aromatic nitrogens is 6. The maximum atomic E-state index is 11.7. The van der Waals surface area contributed by atoms with Crippen LogP contribution >= 0.6 is 0 Å². The molecule has 9 heteroatoms. The predicted octanol–water partition coefficient (Wildman–Crippen LogP) is 2.40. The van der Waals surface area contributed by atoms with Crippen LogP contribution in [0.3, 0.4) is 0 Å². The van der Waals surface area contributed by atoms with E-state index >= 15 is 0 Å². The summed E-state index contributed by atoms with van der Waals surface area (Å²) < 4.78 is 2.00. The van der Waals surface area contributed by atoms with Crippen molar-refractivity contribution in [2.45, 2.75) is 6.54 Å². The molecule has 9 nitrogen and oxygen atoms in total. The fraction of sp³-hybridized carbons (Fsp3) is 0.0500. The Morgan fingerprint density at radius 3 is 2.79 bits per heavy atom. The highest BCUT2D eigenvalue weighted by Crippen LogP contribution is 2.24. The summed E-state index contributed by atoms with van der Waals surface area (Å²) in [7, 11) is 0. The lowest BCUT2D eigenvalue weighted by atomic mass is 10.2. The second-order valence-electron chi connectivity index (χ2n) is 6.44. The van der Waals surface area contributed by atoms with Crippen molar-refractivity contribution in [1.29, 1.82) is 0 Å². The molecule has 2 aromatic carbocycles. The third-order valence-corrected chi connectivity index (χ3v) is 4.66. The zero-order chi connectivity index (χ0) is 19.8. The van der Waals surface area contributed by atoms with Gasteiger partial charge in [0.05, 0.1) is 23.9 Å². The van der Waals surface area contributed by atoms with Crippen molar-refractivity contribution < 1.29 is 4.79 Å². The second-order valence-corrected chi connectivity index (χ2v) is 6.44. The van der Waals surface area contributed by atoms with Crippen LogP contribution < -0.4 is 11.1 Å². The van der Waals surface area contributed by atoms with E-state index in [2.05, 4.69) is 25.3 Å². The number of imidazole rings is 2. The molecule has 0 aliphatic rings. The van der Waals surface area contributed by atoms with E-state index in [0.29, 0.717) is 23.6 Å². The molecule has 0 aliphatic carbocycles. The Morgan fingerprint density at radius 2 is 1.97 bits per heavy atom. The van der Waals surface area contributed by atoms with Crippen LogP contribution in [0.25, 0.3) is 27.9 Å². The van der Waals surface area contributed by atoms with Crippen molar-refractivity contribution in [3.8, 4) is 5.69 Å². The Labute approximate surface area is 164 Å². The van der Waals surface area contributed by atoms with Crippen LogP contribution in [-0.4, -0.2) is 35.4 Å². The summed E-state index contributed by atoms with van der Waals surface area (Å²) in [5.41, 5.74) is 9.73. The number of hydrogen-bond donors (Lipinski definition) is 3. The summed E-state index contributed by atoms with van der Waals surface area (Å²) in [5.74, 6) is 0.922. The number of aromatic amines is 1. The quantitative estimate of drug-likeness (QED) is 0.427. The maximum absolute atomic E-state index is 11.7. The van der Waals surface area contributed by atoms with Crippen molar-refractivity contribution in [3.05, 3.63) is 72.6 Å². The number of carbonyl (C=O) groups excluding carboxylic acids is 1. The summed E-state index contributed by atoms with van der Waals surface area (Å²) in [6.45, 7) is 0.403. The molecule has 0 fully saturated rings. The van der Waals surface area contributed by atoms with Crippen molar-refractivity contribution in [2.24, 2.45) is 5.73 Å². The van der Waals surface area contributed by atoms with E-state index in [4.69, 9.17) is 10.7 Å². The molecule has 0 saturated heterocycles. The van der Waals surface area contributed by atoms with Gasteiger partial charge in [0.25, 0.3) is 0 Å². The first kappa shape index (κ1) is 16.9. The van der Waals surface area contributed by atoms with E-state index in [9.17, 15) is 4.79 Å². The van der Waals surface area contributed by atoms with E-state index < -0.39 is 5.91 Å². The number of primary amides is 1. The van der Waals surface area contributed by atoms with Gasteiger partial charge in [0, 0.05) is 11.3 Å². The first-order valence-electron chi connectivity index (χ1n) is 8.95. The molecule has 0 unspecified atom stereocenters. The number of H-pyrrole nitrogens is 1. The van der Waals surface area contributed by atoms with Gasteiger partial charge in [0.1, 0.15) is 17.7 Å². The smallest absolute Gasteiger partial charge is 0.248 e. The lowest BCUT2D eigenvalue weighted by Gasteiger charge is -2.11. The third kappa shape index (κ3) is 2.94. The number of nitrogens with one attached hydrogen (secondary N) is 2. The summed E-state index contributed by atoms with van der Waals surface area (Å²) in [4.78, 5) is 32.0. The number of hydrogen-bond acceptors (Lipinski definition) is 6. The van der Waals surface area contributed by atoms with Gasteiger partial charge in [-0.3, -0.25) is 9.36 Å². The minimum absolute atomic E-state index is 0.403. The number of para-hydroxylation sites is 1. The molecule has 5 rings (SSSR count). The summed E-state index contributed by atoms with van der Waals surface area (Å²) in [6.07, 6.45) is 3.04. The fourth-order valence-corrected chi connectivity index (χ4v) is 3.32. The molecule has 3 aromatic heterocycles. The van der Waals surface area contributed by atoms with Crippen LogP contribution in [0.1, 0.15) is 16.2 Å². The van der Waals surface area contributed by atoms with Crippen molar-refractivity contribution in [3.63, 3.8) is 0 Å². The van der Waals surface area contributed by atoms with Crippen LogP contribution in [0.4, 0.5) is 5.82 Å². The number of nitrogens with zero attached hydrogens (tertiary/aromatic N) is 5. The average Bonchev–Trinajstić information content (AvgIpc) is 3.36. The highest BCUT2D eigenvalue weighted by atomic mass is 16.1. The summed E-state index contributed by atoms with van der Waals surface area (Å²) >= 11 is 0. The van der Waals surface area contributed by atoms with Gasteiger partial charge in [-0.25, -0.2) is 19.9 Å². The highest BCUT2D eigenvalue weighted by molar-refractivity contribution is 5.96. The number of rotatable bonds is 5. The zero-order valence-electron chi connectivity index (χ0n) is 15.2. The topological polar surface area (TPSA) is 127 Å². The number of carbonyl (C=O) groups is 1. The minimum Gasteiger partial charge on any atom is -0.366 e. The van der Waals surface area contributed by atoms with Gasteiger partial charge in [-0.1, -0.05) is 18.2 Å². The Bertz CT molecular complexity index is 1340. The van der Waals surface area contributed by atoms with Crippen molar-refractivity contribution in [1.82, 2.24) is 29.5 Å². The highest BCUT2D eigenvalue weighted by Gasteiger charge is 2.15.